The van der Waals surface area contributed by atoms with E-state index in [0.717, 1.165) is 6.20 Å². The summed E-state index contributed by atoms with van der Waals surface area (Å²) in [4.78, 5) is 51.3. The number of H-pyrrole nitrogens is 2. The van der Waals surface area contributed by atoms with Crippen LogP contribution in [0.3, 0.4) is 0 Å². The van der Waals surface area contributed by atoms with Crippen molar-refractivity contribution in [3.05, 3.63) is 50.6 Å². The molecule has 2 aromatic rings. The number of hydrogen-bond donors (Lipinski definition) is 2. The first kappa shape index (κ1) is 11.0. The van der Waals surface area contributed by atoms with Crippen LogP contribution in [0.15, 0.2) is 28.0 Å². The topological polar surface area (TPSA) is 129 Å². The molecule has 2 aromatic heterocycles. The molecule has 0 fully saturated rings. The van der Waals surface area contributed by atoms with Crippen molar-refractivity contribution in [2.45, 2.75) is 0 Å². The molecule has 0 bridgehead atoms. The van der Waals surface area contributed by atoms with Gasteiger partial charge in [-0.15, -0.1) is 5.10 Å². The zero-order valence-corrected chi connectivity index (χ0v) is 9.21. The SMILES string of the molecule is O=C1c2ccnnc2C(=O)N1c1c[nH]c(=O)[nH]c1=O. The van der Waals surface area contributed by atoms with Crippen LogP contribution in [0.5, 0.6) is 0 Å². The number of imide groups is 1. The van der Waals surface area contributed by atoms with Gasteiger partial charge in [0.1, 0.15) is 5.69 Å². The van der Waals surface area contributed by atoms with E-state index in [0.29, 0.717) is 4.90 Å². The largest absolute Gasteiger partial charge is 0.325 e. The van der Waals surface area contributed by atoms with E-state index < -0.39 is 23.1 Å². The highest BCUT2D eigenvalue weighted by molar-refractivity contribution is 6.33. The maximum atomic E-state index is 12.0. The summed E-state index contributed by atoms with van der Waals surface area (Å²) in [6, 6.07) is 1.34. The summed E-state index contributed by atoms with van der Waals surface area (Å²) >= 11 is 0. The van der Waals surface area contributed by atoms with Gasteiger partial charge in [0.05, 0.1) is 11.8 Å². The summed E-state index contributed by atoms with van der Waals surface area (Å²) in [5.41, 5.74) is -1.91. The Morgan fingerprint density at radius 3 is 2.58 bits per heavy atom. The maximum Gasteiger partial charge on any atom is 0.325 e. The molecule has 19 heavy (non-hydrogen) atoms. The molecule has 0 spiro atoms. The molecule has 0 radical (unpaired) electrons. The van der Waals surface area contributed by atoms with Crippen molar-refractivity contribution in [2.24, 2.45) is 0 Å². The number of anilines is 1. The minimum atomic E-state index is -0.841. The molecular weight excluding hydrogens is 254 g/mol. The van der Waals surface area contributed by atoms with Gasteiger partial charge in [0.2, 0.25) is 0 Å². The van der Waals surface area contributed by atoms with Crippen LogP contribution in [0.25, 0.3) is 0 Å². The fraction of sp³-hybridized carbons (Fsp3) is 0. The molecule has 0 saturated carbocycles. The summed E-state index contributed by atoms with van der Waals surface area (Å²) in [7, 11) is 0. The summed E-state index contributed by atoms with van der Waals surface area (Å²) < 4.78 is 0. The second kappa shape index (κ2) is 3.70. The van der Waals surface area contributed by atoms with Gasteiger partial charge in [0.25, 0.3) is 17.4 Å². The molecular formula is C10H5N5O4. The fourth-order valence-corrected chi connectivity index (χ4v) is 1.77. The van der Waals surface area contributed by atoms with Crippen LogP contribution in [0.1, 0.15) is 20.8 Å². The van der Waals surface area contributed by atoms with Gasteiger partial charge in [-0.2, -0.15) is 5.10 Å². The predicted octanol–water partition coefficient (Wildman–Crippen LogP) is -1.35. The lowest BCUT2D eigenvalue weighted by Gasteiger charge is -2.10. The van der Waals surface area contributed by atoms with Crippen LogP contribution in [-0.2, 0) is 0 Å². The fourth-order valence-electron chi connectivity index (χ4n) is 1.77. The first-order chi connectivity index (χ1) is 9.09. The Morgan fingerprint density at radius 1 is 1.11 bits per heavy atom. The van der Waals surface area contributed by atoms with Crippen molar-refractivity contribution in [2.75, 3.05) is 4.90 Å². The van der Waals surface area contributed by atoms with Crippen LogP contribution >= 0.6 is 0 Å². The van der Waals surface area contributed by atoms with Crippen LogP contribution < -0.4 is 16.1 Å². The van der Waals surface area contributed by atoms with Crippen molar-refractivity contribution in [3.63, 3.8) is 0 Å². The number of amides is 2. The van der Waals surface area contributed by atoms with Crippen molar-refractivity contribution < 1.29 is 9.59 Å². The number of nitrogens with one attached hydrogen (secondary N) is 2. The van der Waals surface area contributed by atoms with E-state index >= 15 is 0 Å². The van der Waals surface area contributed by atoms with Gasteiger partial charge in [0, 0.05) is 6.20 Å². The van der Waals surface area contributed by atoms with Gasteiger partial charge >= 0.3 is 5.69 Å². The standard InChI is InChI=1S/C10H5N5O4/c16-7-5(3-11-10(19)13-7)15-8(17)4-1-2-12-14-6(4)9(15)18/h1-3H,(H2,11,13,16,19). The Morgan fingerprint density at radius 2 is 1.89 bits per heavy atom. The predicted molar refractivity (Wildman–Crippen MR) is 60.9 cm³/mol. The zero-order valence-electron chi connectivity index (χ0n) is 9.21. The molecule has 0 aliphatic carbocycles. The number of hydrogen-bond acceptors (Lipinski definition) is 6. The molecule has 9 nitrogen and oxygen atoms in total. The lowest BCUT2D eigenvalue weighted by molar-refractivity contribution is 0.0924. The number of aromatic amines is 2. The third kappa shape index (κ3) is 1.48. The van der Waals surface area contributed by atoms with Gasteiger partial charge in [0.15, 0.2) is 5.69 Å². The van der Waals surface area contributed by atoms with E-state index in [1.807, 2.05) is 4.98 Å². The number of aromatic nitrogens is 4. The van der Waals surface area contributed by atoms with E-state index in [9.17, 15) is 19.2 Å². The Bertz CT molecular complexity index is 786. The summed E-state index contributed by atoms with van der Waals surface area (Å²) in [6.45, 7) is 0. The highest BCUT2D eigenvalue weighted by Gasteiger charge is 2.39. The smallest absolute Gasteiger partial charge is 0.312 e. The molecule has 2 amide bonds. The highest BCUT2D eigenvalue weighted by Crippen LogP contribution is 2.23. The third-order valence-electron chi connectivity index (χ3n) is 2.60. The molecule has 0 aromatic carbocycles. The minimum Gasteiger partial charge on any atom is -0.312 e. The average Bonchev–Trinajstić information content (AvgIpc) is 2.64. The Hall–Kier alpha value is -3.10. The molecule has 0 saturated heterocycles. The third-order valence-corrected chi connectivity index (χ3v) is 2.60. The molecule has 0 atom stereocenters. The molecule has 0 unspecified atom stereocenters. The van der Waals surface area contributed by atoms with Gasteiger partial charge in [-0.1, -0.05) is 0 Å². The average molecular weight is 259 g/mol. The molecule has 94 valence electrons. The lowest BCUT2D eigenvalue weighted by atomic mass is 10.2. The second-order valence-corrected chi connectivity index (χ2v) is 3.70. The van der Waals surface area contributed by atoms with E-state index in [4.69, 9.17) is 0 Å². The zero-order chi connectivity index (χ0) is 13.6. The quantitative estimate of drug-likeness (QED) is 0.609. The first-order valence-corrected chi connectivity index (χ1v) is 5.12. The normalized spacial score (nSPS) is 13.8. The molecule has 3 heterocycles. The summed E-state index contributed by atoms with van der Waals surface area (Å²) in [6.07, 6.45) is 2.26. The molecule has 1 aliphatic heterocycles. The number of rotatable bonds is 1. The van der Waals surface area contributed by atoms with E-state index in [2.05, 4.69) is 15.2 Å². The summed E-state index contributed by atoms with van der Waals surface area (Å²) in [5.74, 6) is -1.45. The molecule has 3 rings (SSSR count). The molecule has 1 aliphatic rings. The Balaban J connectivity index is 2.19. The lowest BCUT2D eigenvalue weighted by Crippen LogP contribution is -2.36. The number of carbonyl (C=O) groups excluding carboxylic acids is 2. The Kier molecular flexibility index (Phi) is 2.14. The van der Waals surface area contributed by atoms with Gasteiger partial charge in [-0.05, 0) is 6.07 Å². The van der Waals surface area contributed by atoms with E-state index in [1.54, 1.807) is 0 Å². The van der Waals surface area contributed by atoms with E-state index in [-0.39, 0.29) is 16.9 Å². The number of fused-ring (bicyclic) bond motifs is 1. The second-order valence-electron chi connectivity index (χ2n) is 3.70. The first-order valence-electron chi connectivity index (χ1n) is 5.12. The highest BCUT2D eigenvalue weighted by atomic mass is 16.2. The van der Waals surface area contributed by atoms with Gasteiger partial charge in [-0.3, -0.25) is 19.4 Å². The molecule has 2 N–H and O–H groups in total. The van der Waals surface area contributed by atoms with Crippen molar-refractivity contribution in [1.82, 2.24) is 20.2 Å². The van der Waals surface area contributed by atoms with Crippen molar-refractivity contribution in [3.8, 4) is 0 Å². The minimum absolute atomic E-state index is 0.0607. The summed E-state index contributed by atoms with van der Waals surface area (Å²) in [5, 5.41) is 7.08. The van der Waals surface area contributed by atoms with Crippen LogP contribution in [0.2, 0.25) is 0 Å². The molecule has 9 heteroatoms. The monoisotopic (exact) mass is 259 g/mol. The Labute approximate surface area is 103 Å². The van der Waals surface area contributed by atoms with Crippen LogP contribution in [0.4, 0.5) is 5.69 Å². The maximum absolute atomic E-state index is 12.0. The van der Waals surface area contributed by atoms with Crippen molar-refractivity contribution >= 4 is 17.5 Å². The number of nitrogens with zero attached hydrogens (tertiary/aromatic N) is 3. The van der Waals surface area contributed by atoms with Gasteiger partial charge < -0.3 is 4.98 Å². The number of carbonyl (C=O) groups is 2. The van der Waals surface area contributed by atoms with Crippen LogP contribution in [-0.4, -0.2) is 32.0 Å². The van der Waals surface area contributed by atoms with E-state index in [1.165, 1.54) is 12.3 Å². The van der Waals surface area contributed by atoms with Crippen LogP contribution in [0, 0.1) is 0 Å². The van der Waals surface area contributed by atoms with Crippen molar-refractivity contribution in [1.29, 1.82) is 0 Å². The van der Waals surface area contributed by atoms with Gasteiger partial charge in [-0.25, -0.2) is 9.69 Å².